The van der Waals surface area contributed by atoms with Crippen LogP contribution in [0.3, 0.4) is 0 Å². The van der Waals surface area contributed by atoms with Crippen LogP contribution in [0.15, 0.2) is 48.5 Å². The minimum atomic E-state index is -0.161. The maximum Gasteiger partial charge on any atom is 0.253 e. The van der Waals surface area contributed by atoms with Crippen LogP contribution in [0.1, 0.15) is 57.3 Å². The molecule has 0 heterocycles. The number of carbonyl (C=O) groups excluding carboxylic acids is 2. The highest BCUT2D eigenvalue weighted by Gasteiger charge is 2.14. The van der Waals surface area contributed by atoms with Crippen LogP contribution in [0.25, 0.3) is 0 Å². The predicted molar refractivity (Wildman–Crippen MR) is 127 cm³/mol. The van der Waals surface area contributed by atoms with Crippen molar-refractivity contribution in [2.24, 2.45) is 0 Å². The normalized spacial score (nSPS) is 11.5. The van der Waals surface area contributed by atoms with Crippen molar-refractivity contribution in [3.63, 3.8) is 0 Å². The van der Waals surface area contributed by atoms with Gasteiger partial charge in [0, 0.05) is 36.1 Å². The van der Waals surface area contributed by atoms with E-state index in [1.807, 2.05) is 36.1 Å². The first-order chi connectivity index (χ1) is 15.0. The molecule has 2 aromatic rings. The van der Waals surface area contributed by atoms with Crippen LogP contribution in [-0.4, -0.2) is 42.5 Å². The Morgan fingerprint density at radius 2 is 1.65 bits per heavy atom. The van der Waals surface area contributed by atoms with E-state index < -0.39 is 0 Å². The van der Waals surface area contributed by atoms with Crippen LogP contribution in [0.2, 0.25) is 0 Å². The molecule has 2 rings (SSSR count). The SMILES string of the molecule is CCCN(CCC)C(=O)c1ccc(NC(=O)CNc2cccc(OC(C)CC)c2)cc1. The zero-order valence-electron chi connectivity index (χ0n) is 19.1. The molecule has 0 saturated heterocycles. The first-order valence-corrected chi connectivity index (χ1v) is 11.2. The van der Waals surface area contributed by atoms with Gasteiger partial charge < -0.3 is 20.3 Å². The van der Waals surface area contributed by atoms with Gasteiger partial charge in [-0.2, -0.15) is 0 Å². The summed E-state index contributed by atoms with van der Waals surface area (Å²) in [5.41, 5.74) is 2.12. The van der Waals surface area contributed by atoms with E-state index >= 15 is 0 Å². The van der Waals surface area contributed by atoms with Gasteiger partial charge in [0.1, 0.15) is 5.75 Å². The zero-order chi connectivity index (χ0) is 22.6. The molecule has 0 aliphatic heterocycles. The molecular formula is C25H35N3O3. The van der Waals surface area contributed by atoms with Crippen molar-refractivity contribution in [3.05, 3.63) is 54.1 Å². The number of amides is 2. The first-order valence-electron chi connectivity index (χ1n) is 11.2. The molecule has 0 aliphatic carbocycles. The van der Waals surface area contributed by atoms with Crippen molar-refractivity contribution in [1.29, 1.82) is 0 Å². The fourth-order valence-corrected chi connectivity index (χ4v) is 3.12. The maximum atomic E-state index is 12.6. The molecule has 0 bridgehead atoms. The lowest BCUT2D eigenvalue weighted by molar-refractivity contribution is -0.114. The molecule has 2 amide bonds. The second kappa shape index (κ2) is 12.6. The minimum Gasteiger partial charge on any atom is -0.491 e. The average molecular weight is 426 g/mol. The van der Waals surface area contributed by atoms with Crippen LogP contribution in [0.5, 0.6) is 5.75 Å². The molecule has 0 radical (unpaired) electrons. The molecule has 1 atom stereocenters. The minimum absolute atomic E-state index is 0.0303. The Kier molecular flexibility index (Phi) is 9.88. The van der Waals surface area contributed by atoms with Crippen molar-refractivity contribution in [2.75, 3.05) is 30.3 Å². The molecule has 6 heteroatoms. The number of carbonyl (C=O) groups is 2. The molecule has 0 aromatic heterocycles. The quantitative estimate of drug-likeness (QED) is 0.492. The smallest absolute Gasteiger partial charge is 0.253 e. The van der Waals surface area contributed by atoms with E-state index in [1.54, 1.807) is 24.3 Å². The van der Waals surface area contributed by atoms with Gasteiger partial charge >= 0.3 is 0 Å². The van der Waals surface area contributed by atoms with Gasteiger partial charge in [-0.3, -0.25) is 9.59 Å². The molecule has 0 fully saturated rings. The average Bonchev–Trinajstić information content (AvgIpc) is 2.78. The largest absolute Gasteiger partial charge is 0.491 e. The Morgan fingerprint density at radius 3 is 2.26 bits per heavy atom. The van der Waals surface area contributed by atoms with E-state index in [-0.39, 0.29) is 24.5 Å². The highest BCUT2D eigenvalue weighted by Crippen LogP contribution is 2.19. The van der Waals surface area contributed by atoms with Gasteiger partial charge in [0.25, 0.3) is 5.91 Å². The van der Waals surface area contributed by atoms with Gasteiger partial charge in [0.2, 0.25) is 5.91 Å². The van der Waals surface area contributed by atoms with Crippen molar-refractivity contribution in [3.8, 4) is 5.75 Å². The molecule has 0 aliphatic rings. The van der Waals surface area contributed by atoms with Crippen LogP contribution in [-0.2, 0) is 4.79 Å². The topological polar surface area (TPSA) is 70.7 Å². The third kappa shape index (κ3) is 7.96. The molecule has 0 saturated carbocycles. The highest BCUT2D eigenvalue weighted by atomic mass is 16.5. The molecule has 31 heavy (non-hydrogen) atoms. The van der Waals surface area contributed by atoms with E-state index in [1.165, 1.54) is 0 Å². The van der Waals surface area contributed by atoms with Gasteiger partial charge in [0.05, 0.1) is 12.6 Å². The van der Waals surface area contributed by atoms with Gasteiger partial charge in [0.15, 0.2) is 0 Å². The summed E-state index contributed by atoms with van der Waals surface area (Å²) in [6, 6.07) is 14.6. The standard InChI is InChI=1S/C25H35N3O3/c1-5-15-28(16-6-2)25(30)20-11-13-21(14-12-20)27-24(29)18-26-22-9-8-10-23(17-22)31-19(4)7-3/h8-14,17,19,26H,5-7,15-16,18H2,1-4H3,(H,27,29). The van der Waals surface area contributed by atoms with E-state index in [2.05, 4.69) is 31.4 Å². The van der Waals surface area contributed by atoms with Crippen LogP contribution in [0.4, 0.5) is 11.4 Å². The zero-order valence-corrected chi connectivity index (χ0v) is 19.1. The highest BCUT2D eigenvalue weighted by molar-refractivity contribution is 5.96. The third-order valence-electron chi connectivity index (χ3n) is 4.89. The van der Waals surface area contributed by atoms with Crippen molar-refractivity contribution in [2.45, 2.75) is 53.1 Å². The summed E-state index contributed by atoms with van der Waals surface area (Å²) in [5, 5.41) is 5.97. The number of ether oxygens (including phenoxy) is 1. The molecule has 2 N–H and O–H groups in total. The van der Waals surface area contributed by atoms with Gasteiger partial charge in [-0.15, -0.1) is 0 Å². The fourth-order valence-electron chi connectivity index (χ4n) is 3.12. The van der Waals surface area contributed by atoms with Crippen LogP contribution in [0, 0.1) is 0 Å². The summed E-state index contributed by atoms with van der Waals surface area (Å²) in [7, 11) is 0. The summed E-state index contributed by atoms with van der Waals surface area (Å²) >= 11 is 0. The summed E-state index contributed by atoms with van der Waals surface area (Å²) < 4.78 is 5.81. The summed E-state index contributed by atoms with van der Waals surface area (Å²) in [4.78, 5) is 26.8. The van der Waals surface area contributed by atoms with E-state index in [4.69, 9.17) is 4.74 Å². The molecular weight excluding hydrogens is 390 g/mol. The number of hydrogen-bond donors (Lipinski definition) is 2. The Morgan fingerprint density at radius 1 is 0.968 bits per heavy atom. The van der Waals surface area contributed by atoms with E-state index in [9.17, 15) is 9.59 Å². The van der Waals surface area contributed by atoms with E-state index in [0.717, 1.165) is 43.8 Å². The summed E-state index contributed by atoms with van der Waals surface area (Å²) in [5.74, 6) is 0.647. The summed E-state index contributed by atoms with van der Waals surface area (Å²) in [6.07, 6.45) is 2.93. The van der Waals surface area contributed by atoms with Gasteiger partial charge in [-0.25, -0.2) is 0 Å². The first kappa shape index (κ1) is 24.3. The van der Waals surface area contributed by atoms with Crippen molar-refractivity contribution < 1.29 is 14.3 Å². The number of benzene rings is 2. The Balaban J connectivity index is 1.89. The second-order valence-corrected chi connectivity index (χ2v) is 7.64. The number of nitrogens with zero attached hydrogens (tertiary/aromatic N) is 1. The third-order valence-corrected chi connectivity index (χ3v) is 4.89. The molecule has 1 unspecified atom stereocenters. The Bertz CT molecular complexity index is 830. The monoisotopic (exact) mass is 425 g/mol. The lowest BCUT2D eigenvalue weighted by atomic mass is 10.1. The molecule has 168 valence electrons. The Hall–Kier alpha value is -3.02. The fraction of sp³-hybridized carbons (Fsp3) is 0.440. The Labute approximate surface area is 186 Å². The maximum absolute atomic E-state index is 12.6. The number of hydrogen-bond acceptors (Lipinski definition) is 4. The number of nitrogens with one attached hydrogen (secondary N) is 2. The number of anilines is 2. The summed E-state index contributed by atoms with van der Waals surface area (Å²) in [6.45, 7) is 9.87. The predicted octanol–water partition coefficient (Wildman–Crippen LogP) is 5.18. The molecule has 6 nitrogen and oxygen atoms in total. The molecule has 0 spiro atoms. The van der Waals surface area contributed by atoms with Crippen LogP contribution >= 0.6 is 0 Å². The van der Waals surface area contributed by atoms with Crippen molar-refractivity contribution in [1.82, 2.24) is 4.90 Å². The van der Waals surface area contributed by atoms with E-state index in [0.29, 0.717) is 11.3 Å². The molecule has 2 aromatic carbocycles. The lowest BCUT2D eigenvalue weighted by Crippen LogP contribution is -2.32. The van der Waals surface area contributed by atoms with Crippen molar-refractivity contribution >= 4 is 23.2 Å². The second-order valence-electron chi connectivity index (χ2n) is 7.64. The number of rotatable bonds is 12. The van der Waals surface area contributed by atoms with Gasteiger partial charge in [-0.05, 0) is 62.6 Å². The van der Waals surface area contributed by atoms with Crippen LogP contribution < -0.4 is 15.4 Å². The van der Waals surface area contributed by atoms with Gasteiger partial charge in [-0.1, -0.05) is 26.8 Å². The lowest BCUT2D eigenvalue weighted by Gasteiger charge is -2.21.